The zero-order chi connectivity index (χ0) is 12.4. The van der Waals surface area contributed by atoms with Crippen LogP contribution in [-0.2, 0) is 19.4 Å². The van der Waals surface area contributed by atoms with Crippen LogP contribution in [0.3, 0.4) is 0 Å². The van der Waals surface area contributed by atoms with Crippen molar-refractivity contribution in [3.8, 4) is 0 Å². The normalized spacial score (nSPS) is 16.7. The lowest BCUT2D eigenvalue weighted by Gasteiger charge is -2.28. The number of thiophene rings is 1. The van der Waals surface area contributed by atoms with E-state index in [0.717, 1.165) is 19.4 Å². The van der Waals surface area contributed by atoms with Gasteiger partial charge in [0.25, 0.3) is 0 Å². The number of fused-ring (bicyclic) bond motifs is 1. The quantitative estimate of drug-likeness (QED) is 0.883. The number of rotatable bonds is 4. The van der Waals surface area contributed by atoms with Crippen molar-refractivity contribution in [3.05, 3.63) is 57.8 Å². The highest BCUT2D eigenvalue weighted by Crippen LogP contribution is 2.30. The van der Waals surface area contributed by atoms with E-state index in [2.05, 4.69) is 47.1 Å². The minimum atomic E-state index is -0.173. The lowest BCUT2D eigenvalue weighted by molar-refractivity contribution is 0.166. The third-order valence-electron chi connectivity index (χ3n) is 3.70. The first-order valence-electron chi connectivity index (χ1n) is 6.26. The van der Waals surface area contributed by atoms with Crippen LogP contribution in [0.5, 0.6) is 0 Å². The molecule has 3 rings (SSSR count). The molecule has 1 aromatic heterocycles. The molecule has 0 amide bonds. The van der Waals surface area contributed by atoms with Crippen LogP contribution in [-0.4, -0.2) is 17.3 Å². The first kappa shape index (κ1) is 11.9. The van der Waals surface area contributed by atoms with Gasteiger partial charge in [0.15, 0.2) is 0 Å². The van der Waals surface area contributed by atoms with Crippen LogP contribution >= 0.6 is 11.3 Å². The Bertz CT molecular complexity index is 496. The largest absolute Gasteiger partial charge is 0.394 e. The van der Waals surface area contributed by atoms with E-state index in [-0.39, 0.29) is 12.1 Å². The fourth-order valence-electron chi connectivity index (χ4n) is 2.67. The van der Waals surface area contributed by atoms with Gasteiger partial charge in [-0.25, -0.2) is 0 Å². The monoisotopic (exact) mass is 259 g/mol. The van der Waals surface area contributed by atoms with Crippen molar-refractivity contribution in [1.29, 1.82) is 0 Å². The van der Waals surface area contributed by atoms with Gasteiger partial charge in [0.05, 0.1) is 6.61 Å². The molecule has 0 fully saturated rings. The summed E-state index contributed by atoms with van der Waals surface area (Å²) < 4.78 is 0. The molecule has 0 radical (unpaired) electrons. The molecule has 0 atom stereocenters. The Balaban J connectivity index is 1.73. The SMILES string of the molecule is OCC1(NCc2cccs2)Cc2ccccc2C1. The Hall–Kier alpha value is -1.16. The Morgan fingerprint density at radius 3 is 2.39 bits per heavy atom. The molecule has 3 heteroatoms. The zero-order valence-corrected chi connectivity index (χ0v) is 11.0. The average molecular weight is 259 g/mol. The molecule has 2 nitrogen and oxygen atoms in total. The summed E-state index contributed by atoms with van der Waals surface area (Å²) in [5.41, 5.74) is 2.56. The maximum Gasteiger partial charge on any atom is 0.0619 e. The molecular weight excluding hydrogens is 242 g/mol. The molecule has 0 saturated carbocycles. The third kappa shape index (κ3) is 2.21. The molecule has 0 unspecified atom stereocenters. The fraction of sp³-hybridized carbons (Fsp3) is 0.333. The summed E-state index contributed by atoms with van der Waals surface area (Å²) in [6.07, 6.45) is 1.84. The topological polar surface area (TPSA) is 32.3 Å². The van der Waals surface area contributed by atoms with Crippen molar-refractivity contribution >= 4 is 11.3 Å². The van der Waals surface area contributed by atoms with Crippen LogP contribution in [0.2, 0.25) is 0 Å². The summed E-state index contributed by atoms with van der Waals surface area (Å²) >= 11 is 1.76. The van der Waals surface area contributed by atoms with Crippen LogP contribution in [0.15, 0.2) is 41.8 Å². The van der Waals surface area contributed by atoms with Gasteiger partial charge in [-0.1, -0.05) is 30.3 Å². The second-order valence-corrected chi connectivity index (χ2v) is 6.03. The lowest BCUT2D eigenvalue weighted by atomic mass is 9.97. The Kier molecular flexibility index (Phi) is 3.20. The highest BCUT2D eigenvalue weighted by molar-refractivity contribution is 7.09. The summed E-state index contributed by atoms with van der Waals surface area (Å²) in [7, 11) is 0. The molecule has 0 spiro atoms. The van der Waals surface area contributed by atoms with Gasteiger partial charge < -0.3 is 10.4 Å². The summed E-state index contributed by atoms with van der Waals surface area (Å²) in [5, 5.41) is 15.4. The summed E-state index contributed by atoms with van der Waals surface area (Å²) in [6, 6.07) is 12.7. The molecule has 2 N–H and O–H groups in total. The summed E-state index contributed by atoms with van der Waals surface area (Å²) in [6.45, 7) is 1.03. The first-order valence-corrected chi connectivity index (χ1v) is 7.14. The van der Waals surface area contributed by atoms with Crippen LogP contribution in [0.1, 0.15) is 16.0 Å². The maximum absolute atomic E-state index is 9.76. The molecule has 18 heavy (non-hydrogen) atoms. The Labute approximate surface area is 111 Å². The predicted octanol–water partition coefficient (Wildman–Crippen LogP) is 2.37. The summed E-state index contributed by atoms with van der Waals surface area (Å²) in [4.78, 5) is 1.32. The van der Waals surface area contributed by atoms with Gasteiger partial charge in [0.2, 0.25) is 0 Å². The standard InChI is InChI=1S/C15H17NOS/c17-11-15(16-10-14-6-3-7-18-14)8-12-4-1-2-5-13(12)9-15/h1-7,16-17H,8-11H2. The molecular formula is C15H17NOS. The molecule has 1 heterocycles. The van der Waals surface area contributed by atoms with E-state index in [4.69, 9.17) is 0 Å². The van der Waals surface area contributed by atoms with Gasteiger partial charge in [-0.05, 0) is 35.4 Å². The smallest absolute Gasteiger partial charge is 0.0619 e. The number of hydrogen-bond donors (Lipinski definition) is 2. The van der Waals surface area contributed by atoms with E-state index in [1.807, 2.05) is 0 Å². The Morgan fingerprint density at radius 2 is 1.83 bits per heavy atom. The zero-order valence-electron chi connectivity index (χ0n) is 10.2. The number of nitrogens with one attached hydrogen (secondary N) is 1. The molecule has 94 valence electrons. The first-order chi connectivity index (χ1) is 8.81. The van der Waals surface area contributed by atoms with Crippen LogP contribution in [0.25, 0.3) is 0 Å². The van der Waals surface area contributed by atoms with Gasteiger partial charge in [-0.2, -0.15) is 0 Å². The molecule has 2 aromatic rings. The highest BCUT2D eigenvalue weighted by atomic mass is 32.1. The second-order valence-electron chi connectivity index (χ2n) is 4.99. The van der Waals surface area contributed by atoms with Crippen molar-refractivity contribution in [2.24, 2.45) is 0 Å². The third-order valence-corrected chi connectivity index (χ3v) is 4.57. The van der Waals surface area contributed by atoms with Gasteiger partial charge in [0, 0.05) is 17.0 Å². The van der Waals surface area contributed by atoms with Crippen LogP contribution in [0, 0.1) is 0 Å². The Morgan fingerprint density at radius 1 is 1.11 bits per heavy atom. The van der Waals surface area contributed by atoms with Crippen LogP contribution < -0.4 is 5.32 Å². The average Bonchev–Trinajstić information content (AvgIpc) is 3.03. The highest BCUT2D eigenvalue weighted by Gasteiger charge is 2.35. The lowest BCUT2D eigenvalue weighted by Crippen LogP contribution is -2.48. The number of hydrogen-bond acceptors (Lipinski definition) is 3. The minimum absolute atomic E-state index is 0.173. The number of benzene rings is 1. The van der Waals surface area contributed by atoms with Gasteiger partial charge in [0.1, 0.15) is 0 Å². The molecule has 0 aliphatic heterocycles. The fourth-order valence-corrected chi connectivity index (χ4v) is 3.32. The predicted molar refractivity (Wildman–Crippen MR) is 74.8 cm³/mol. The van der Waals surface area contributed by atoms with Crippen molar-refractivity contribution in [2.45, 2.75) is 24.9 Å². The van der Waals surface area contributed by atoms with E-state index in [0.29, 0.717) is 0 Å². The van der Waals surface area contributed by atoms with E-state index >= 15 is 0 Å². The molecule has 1 aliphatic carbocycles. The number of aliphatic hydroxyl groups is 1. The molecule has 0 bridgehead atoms. The second kappa shape index (κ2) is 4.84. The number of aliphatic hydroxyl groups excluding tert-OH is 1. The van der Waals surface area contributed by atoms with Gasteiger partial charge in [-0.15, -0.1) is 11.3 Å². The maximum atomic E-state index is 9.76. The van der Waals surface area contributed by atoms with Gasteiger partial charge in [-0.3, -0.25) is 0 Å². The van der Waals surface area contributed by atoms with Crippen molar-refractivity contribution in [2.75, 3.05) is 6.61 Å². The van der Waals surface area contributed by atoms with Crippen LogP contribution in [0.4, 0.5) is 0 Å². The van der Waals surface area contributed by atoms with E-state index in [1.165, 1.54) is 16.0 Å². The summed E-state index contributed by atoms with van der Waals surface area (Å²) in [5.74, 6) is 0. The minimum Gasteiger partial charge on any atom is -0.394 e. The van der Waals surface area contributed by atoms with E-state index in [9.17, 15) is 5.11 Å². The van der Waals surface area contributed by atoms with E-state index in [1.54, 1.807) is 11.3 Å². The molecule has 1 aromatic carbocycles. The molecule has 0 saturated heterocycles. The molecule has 1 aliphatic rings. The van der Waals surface area contributed by atoms with Crippen molar-refractivity contribution in [1.82, 2.24) is 5.32 Å². The van der Waals surface area contributed by atoms with E-state index < -0.39 is 0 Å². The van der Waals surface area contributed by atoms with Crippen molar-refractivity contribution < 1.29 is 5.11 Å². The van der Waals surface area contributed by atoms with Gasteiger partial charge >= 0.3 is 0 Å². The van der Waals surface area contributed by atoms with Crippen molar-refractivity contribution in [3.63, 3.8) is 0 Å².